The molecule has 0 radical (unpaired) electrons. The number of aliphatic hydroxyl groups is 1. The van der Waals surface area contributed by atoms with Gasteiger partial charge in [0.05, 0.1) is 17.7 Å². The number of amides is 1. The summed E-state index contributed by atoms with van der Waals surface area (Å²) in [5.41, 5.74) is 0.496. The molecule has 2 aliphatic carbocycles. The van der Waals surface area contributed by atoms with Gasteiger partial charge in [-0.05, 0) is 43.0 Å². The van der Waals surface area contributed by atoms with Crippen LogP contribution in [-0.4, -0.2) is 27.1 Å². The van der Waals surface area contributed by atoms with E-state index in [-0.39, 0.29) is 18.1 Å². The molecule has 120 valence electrons. The largest absolute Gasteiger partial charge is 0.393 e. The Morgan fingerprint density at radius 3 is 2.61 bits per heavy atom. The molecule has 23 heavy (non-hydrogen) atoms. The van der Waals surface area contributed by atoms with Crippen molar-refractivity contribution in [3.05, 3.63) is 46.2 Å². The van der Waals surface area contributed by atoms with Crippen molar-refractivity contribution in [1.82, 2.24) is 15.3 Å². The third-order valence-electron chi connectivity index (χ3n) is 4.63. The number of aliphatic hydroxyl groups excluding tert-OH is 1. The molecule has 2 aromatic heterocycles. The molecule has 0 aromatic carbocycles. The van der Waals surface area contributed by atoms with Crippen molar-refractivity contribution in [2.75, 3.05) is 0 Å². The Labute approximate surface area is 138 Å². The molecule has 0 spiro atoms. The lowest BCUT2D eigenvalue weighted by Gasteiger charge is -2.37. The van der Waals surface area contributed by atoms with Gasteiger partial charge < -0.3 is 10.4 Å². The zero-order chi connectivity index (χ0) is 15.8. The second-order valence-electron chi connectivity index (χ2n) is 6.46. The summed E-state index contributed by atoms with van der Waals surface area (Å²) in [6, 6.07) is 3.98. The molecule has 0 bridgehead atoms. The van der Waals surface area contributed by atoms with E-state index in [2.05, 4.69) is 15.3 Å². The molecular formula is C17H19N3O2S. The van der Waals surface area contributed by atoms with Gasteiger partial charge in [0.15, 0.2) is 0 Å². The molecule has 2 saturated carbocycles. The number of hydrogen-bond donors (Lipinski definition) is 2. The van der Waals surface area contributed by atoms with E-state index in [1.54, 1.807) is 23.7 Å². The predicted octanol–water partition coefficient (Wildman–Crippen LogP) is 2.66. The van der Waals surface area contributed by atoms with Gasteiger partial charge in [-0.25, -0.2) is 9.97 Å². The van der Waals surface area contributed by atoms with E-state index in [0.29, 0.717) is 17.4 Å². The standard InChI is InChI=1S/C17H19N3O2S/c21-13-6-11(7-13)15(14-2-1-5-23-14)20-17(22)12-8-18-16(19-9-12)10-3-4-10/h1-2,5,8-11,13,15,21H,3-4,6-7H2,(H,20,22)/t11?,13?,15-/m1/s1. The molecule has 0 saturated heterocycles. The molecular weight excluding hydrogens is 310 g/mol. The van der Waals surface area contributed by atoms with Crippen LogP contribution in [0.15, 0.2) is 29.9 Å². The maximum absolute atomic E-state index is 12.5. The van der Waals surface area contributed by atoms with Crippen molar-refractivity contribution in [1.29, 1.82) is 0 Å². The normalized spacial score (nSPS) is 24.7. The fourth-order valence-corrected chi connectivity index (χ4v) is 3.89. The lowest BCUT2D eigenvalue weighted by atomic mass is 9.76. The van der Waals surface area contributed by atoms with Crippen LogP contribution < -0.4 is 5.32 Å². The highest BCUT2D eigenvalue weighted by Gasteiger charge is 2.36. The first-order chi connectivity index (χ1) is 11.2. The summed E-state index contributed by atoms with van der Waals surface area (Å²) < 4.78 is 0. The van der Waals surface area contributed by atoms with Crippen LogP contribution >= 0.6 is 11.3 Å². The zero-order valence-electron chi connectivity index (χ0n) is 12.7. The third kappa shape index (κ3) is 3.14. The molecule has 1 atom stereocenters. The van der Waals surface area contributed by atoms with E-state index in [4.69, 9.17) is 0 Å². The number of carbonyl (C=O) groups is 1. The molecule has 2 fully saturated rings. The van der Waals surface area contributed by atoms with E-state index >= 15 is 0 Å². The van der Waals surface area contributed by atoms with E-state index in [1.165, 1.54) is 0 Å². The summed E-state index contributed by atoms with van der Waals surface area (Å²) in [7, 11) is 0. The molecule has 1 amide bonds. The summed E-state index contributed by atoms with van der Waals surface area (Å²) in [5.74, 6) is 1.48. The fourth-order valence-electron chi connectivity index (χ4n) is 3.02. The summed E-state index contributed by atoms with van der Waals surface area (Å²) in [6.45, 7) is 0. The van der Waals surface area contributed by atoms with Gasteiger partial charge in [-0.3, -0.25) is 4.79 Å². The Morgan fingerprint density at radius 1 is 1.30 bits per heavy atom. The van der Waals surface area contributed by atoms with Crippen LogP contribution in [0.2, 0.25) is 0 Å². The smallest absolute Gasteiger partial charge is 0.254 e. The van der Waals surface area contributed by atoms with Gasteiger partial charge in [-0.2, -0.15) is 0 Å². The zero-order valence-corrected chi connectivity index (χ0v) is 13.5. The molecule has 5 nitrogen and oxygen atoms in total. The van der Waals surface area contributed by atoms with E-state index in [1.807, 2.05) is 17.5 Å². The number of hydrogen-bond acceptors (Lipinski definition) is 5. The molecule has 0 unspecified atom stereocenters. The van der Waals surface area contributed by atoms with Crippen LogP contribution in [0.1, 0.15) is 58.7 Å². The minimum absolute atomic E-state index is 0.0472. The number of nitrogens with one attached hydrogen (secondary N) is 1. The second-order valence-corrected chi connectivity index (χ2v) is 7.44. The fraction of sp³-hybridized carbons (Fsp3) is 0.471. The average Bonchev–Trinajstić information content (AvgIpc) is 3.25. The van der Waals surface area contributed by atoms with Gasteiger partial charge in [0, 0.05) is 23.2 Å². The average molecular weight is 329 g/mol. The van der Waals surface area contributed by atoms with Crippen molar-refractivity contribution in [2.45, 2.75) is 43.7 Å². The Balaban J connectivity index is 1.48. The maximum Gasteiger partial charge on any atom is 0.254 e. The highest BCUT2D eigenvalue weighted by Crippen LogP contribution is 2.40. The quantitative estimate of drug-likeness (QED) is 0.884. The lowest BCUT2D eigenvalue weighted by Crippen LogP contribution is -2.41. The summed E-state index contributed by atoms with van der Waals surface area (Å²) in [4.78, 5) is 22.3. The monoisotopic (exact) mass is 329 g/mol. The van der Waals surface area contributed by atoms with Gasteiger partial charge in [0.2, 0.25) is 0 Å². The van der Waals surface area contributed by atoms with Crippen molar-refractivity contribution in [2.24, 2.45) is 5.92 Å². The number of carbonyl (C=O) groups excluding carboxylic acids is 1. The summed E-state index contributed by atoms with van der Waals surface area (Å²) in [5, 5.41) is 14.7. The molecule has 0 aliphatic heterocycles. The first-order valence-corrected chi connectivity index (χ1v) is 8.93. The van der Waals surface area contributed by atoms with E-state index in [9.17, 15) is 9.90 Å². The second kappa shape index (κ2) is 6.02. The maximum atomic E-state index is 12.5. The van der Waals surface area contributed by atoms with Crippen molar-refractivity contribution < 1.29 is 9.90 Å². The number of nitrogens with zero attached hydrogens (tertiary/aromatic N) is 2. The van der Waals surface area contributed by atoms with Gasteiger partial charge in [0.25, 0.3) is 5.91 Å². The number of rotatable bonds is 5. The van der Waals surface area contributed by atoms with Crippen LogP contribution in [0.3, 0.4) is 0 Å². The van der Waals surface area contributed by atoms with E-state index in [0.717, 1.165) is 36.4 Å². The molecule has 4 rings (SSSR count). The first-order valence-electron chi connectivity index (χ1n) is 8.05. The van der Waals surface area contributed by atoms with E-state index < -0.39 is 0 Å². The van der Waals surface area contributed by atoms with Crippen molar-refractivity contribution >= 4 is 17.2 Å². The third-order valence-corrected chi connectivity index (χ3v) is 5.59. The predicted molar refractivity (Wildman–Crippen MR) is 87.3 cm³/mol. The van der Waals surface area contributed by atoms with Crippen molar-refractivity contribution in [3.63, 3.8) is 0 Å². The van der Waals surface area contributed by atoms with Crippen LogP contribution in [0.25, 0.3) is 0 Å². The van der Waals surface area contributed by atoms with Crippen LogP contribution in [0.5, 0.6) is 0 Å². The molecule has 2 heterocycles. The lowest BCUT2D eigenvalue weighted by molar-refractivity contribution is 0.0241. The Bertz CT molecular complexity index is 676. The molecule has 2 N–H and O–H groups in total. The van der Waals surface area contributed by atoms with Gasteiger partial charge >= 0.3 is 0 Å². The minimum Gasteiger partial charge on any atom is -0.393 e. The Hall–Kier alpha value is -1.79. The Morgan fingerprint density at radius 2 is 2.04 bits per heavy atom. The number of thiophene rings is 1. The number of aromatic nitrogens is 2. The van der Waals surface area contributed by atoms with Gasteiger partial charge in [-0.15, -0.1) is 11.3 Å². The van der Waals surface area contributed by atoms with Gasteiger partial charge in [0.1, 0.15) is 5.82 Å². The van der Waals surface area contributed by atoms with Crippen molar-refractivity contribution in [3.8, 4) is 0 Å². The summed E-state index contributed by atoms with van der Waals surface area (Å²) in [6.07, 6.45) is 6.78. The Kier molecular flexibility index (Phi) is 3.87. The highest BCUT2D eigenvalue weighted by molar-refractivity contribution is 7.10. The summed E-state index contributed by atoms with van der Waals surface area (Å²) >= 11 is 1.63. The highest BCUT2D eigenvalue weighted by atomic mass is 32.1. The molecule has 2 aliphatic rings. The van der Waals surface area contributed by atoms with Crippen LogP contribution in [0, 0.1) is 5.92 Å². The minimum atomic E-state index is -0.236. The first kappa shape index (κ1) is 14.8. The van der Waals surface area contributed by atoms with Gasteiger partial charge in [-0.1, -0.05) is 6.07 Å². The van der Waals surface area contributed by atoms with Crippen LogP contribution in [-0.2, 0) is 0 Å². The molecule has 6 heteroatoms. The molecule has 2 aromatic rings. The SMILES string of the molecule is O=C(N[C@@H](c1cccs1)C1CC(O)C1)c1cnc(C2CC2)nc1. The topological polar surface area (TPSA) is 75.1 Å². The van der Waals surface area contributed by atoms with Crippen LogP contribution in [0.4, 0.5) is 0 Å².